The van der Waals surface area contributed by atoms with E-state index in [0.29, 0.717) is 5.25 Å². The molecule has 1 atom stereocenters. The van der Waals surface area contributed by atoms with E-state index in [2.05, 4.69) is 51.2 Å². The average Bonchev–Trinajstić information content (AvgIpc) is 2.15. The zero-order valence-corrected chi connectivity index (χ0v) is 10.7. The number of rotatable bonds is 0. The molecule has 15 heavy (non-hydrogen) atoms. The van der Waals surface area contributed by atoms with E-state index < -0.39 is 0 Å². The van der Waals surface area contributed by atoms with Crippen molar-refractivity contribution in [3.8, 4) is 0 Å². The van der Waals surface area contributed by atoms with Crippen LogP contribution in [0.25, 0.3) is 0 Å². The van der Waals surface area contributed by atoms with Gasteiger partial charge in [0.15, 0.2) is 0 Å². The average molecular weight is 221 g/mol. The van der Waals surface area contributed by atoms with Gasteiger partial charge in [-0.2, -0.15) is 0 Å². The maximum atomic E-state index is 3.57. The Bertz CT molecular complexity index is 365. The Kier molecular flexibility index (Phi) is 2.72. The zero-order chi connectivity index (χ0) is 11.1. The number of benzene rings is 1. The quantitative estimate of drug-likeness (QED) is 0.713. The van der Waals surface area contributed by atoms with Gasteiger partial charge >= 0.3 is 0 Å². The lowest BCUT2D eigenvalue weighted by atomic mass is 9.85. The number of hydrogen-bond acceptors (Lipinski definition) is 2. The molecule has 0 amide bonds. The first-order valence-corrected chi connectivity index (χ1v) is 6.40. The van der Waals surface area contributed by atoms with Gasteiger partial charge in [0.1, 0.15) is 0 Å². The highest BCUT2D eigenvalue weighted by molar-refractivity contribution is 8.00. The molecule has 1 heterocycles. The molecule has 2 heteroatoms. The minimum atomic E-state index is 0.222. The number of anilines is 1. The van der Waals surface area contributed by atoms with Crippen LogP contribution in [0, 0.1) is 0 Å². The third kappa shape index (κ3) is 2.15. The molecule has 1 aromatic rings. The third-order valence-corrected chi connectivity index (χ3v) is 3.89. The van der Waals surface area contributed by atoms with E-state index in [9.17, 15) is 0 Å². The summed E-state index contributed by atoms with van der Waals surface area (Å²) in [7, 11) is 0. The molecule has 1 aromatic carbocycles. The first-order chi connectivity index (χ1) is 6.98. The Labute approximate surface area is 96.7 Å². The summed E-state index contributed by atoms with van der Waals surface area (Å²) in [5.41, 5.74) is 3.01. The third-order valence-electron chi connectivity index (χ3n) is 2.73. The fourth-order valence-electron chi connectivity index (χ4n) is 1.94. The molecule has 0 aromatic heterocycles. The lowest BCUT2D eigenvalue weighted by Crippen LogP contribution is -2.22. The first-order valence-electron chi connectivity index (χ1n) is 5.52. The second-order valence-corrected chi connectivity index (χ2v) is 6.72. The van der Waals surface area contributed by atoms with Crippen LogP contribution in [-0.4, -0.2) is 11.8 Å². The topological polar surface area (TPSA) is 12.0 Å². The Balaban J connectivity index is 2.47. The summed E-state index contributed by atoms with van der Waals surface area (Å²) in [6.45, 7) is 10.2. The van der Waals surface area contributed by atoms with E-state index >= 15 is 0 Å². The van der Waals surface area contributed by atoms with Crippen LogP contribution in [0.2, 0.25) is 0 Å². The number of fused-ring (bicyclic) bond motifs is 1. The van der Waals surface area contributed by atoms with Gasteiger partial charge < -0.3 is 5.32 Å². The van der Waals surface area contributed by atoms with E-state index in [1.54, 1.807) is 0 Å². The van der Waals surface area contributed by atoms with Gasteiger partial charge in [0.05, 0.1) is 5.69 Å². The number of hydrogen-bond donors (Lipinski definition) is 1. The van der Waals surface area contributed by atoms with Crippen LogP contribution in [0.1, 0.15) is 33.3 Å². The highest BCUT2D eigenvalue weighted by Crippen LogP contribution is 2.40. The molecule has 82 valence electrons. The number of nitrogens with one attached hydrogen (secondary N) is 1. The van der Waals surface area contributed by atoms with Gasteiger partial charge in [-0.1, -0.05) is 39.8 Å². The van der Waals surface area contributed by atoms with E-state index in [4.69, 9.17) is 0 Å². The molecule has 0 radical (unpaired) electrons. The van der Waals surface area contributed by atoms with E-state index in [1.807, 2.05) is 11.8 Å². The molecule has 1 aliphatic rings. The summed E-state index contributed by atoms with van der Waals surface area (Å²) < 4.78 is 0. The summed E-state index contributed by atoms with van der Waals surface area (Å²) in [5, 5.41) is 4.24. The van der Waals surface area contributed by atoms with Crippen LogP contribution < -0.4 is 5.32 Å². The summed E-state index contributed by atoms with van der Waals surface area (Å²) in [6, 6.07) is 6.63. The Morgan fingerprint density at radius 2 is 2.07 bits per heavy atom. The van der Waals surface area contributed by atoms with Gasteiger partial charge in [0.2, 0.25) is 0 Å². The van der Waals surface area contributed by atoms with Crippen molar-refractivity contribution >= 4 is 17.4 Å². The van der Waals surface area contributed by atoms with Gasteiger partial charge in [-0.25, -0.2) is 0 Å². The Morgan fingerprint density at radius 3 is 2.73 bits per heavy atom. The first kappa shape index (κ1) is 10.9. The molecule has 1 aliphatic heterocycles. The summed E-state index contributed by atoms with van der Waals surface area (Å²) >= 11 is 1.98. The lowest BCUT2D eigenvalue weighted by Gasteiger charge is -2.30. The zero-order valence-electron chi connectivity index (χ0n) is 9.92. The van der Waals surface area contributed by atoms with Crippen molar-refractivity contribution in [3.05, 3.63) is 23.8 Å². The molecule has 0 aliphatic carbocycles. The molecule has 1 N–H and O–H groups in total. The Morgan fingerprint density at radius 1 is 1.33 bits per heavy atom. The second kappa shape index (κ2) is 3.75. The SMILES string of the molecule is CC1CNc2c(cccc2C(C)(C)C)S1. The molecule has 0 spiro atoms. The fraction of sp³-hybridized carbons (Fsp3) is 0.538. The monoisotopic (exact) mass is 221 g/mol. The van der Waals surface area contributed by atoms with E-state index in [1.165, 1.54) is 16.1 Å². The predicted molar refractivity (Wildman–Crippen MR) is 69.0 cm³/mol. The van der Waals surface area contributed by atoms with E-state index in [-0.39, 0.29) is 5.41 Å². The second-order valence-electron chi connectivity index (χ2n) is 5.24. The van der Waals surface area contributed by atoms with Gasteiger partial charge in [-0.3, -0.25) is 0 Å². The molecule has 1 nitrogen and oxygen atoms in total. The molecule has 0 saturated heterocycles. The number of thioether (sulfide) groups is 1. The van der Waals surface area contributed by atoms with Crippen LogP contribution in [-0.2, 0) is 5.41 Å². The van der Waals surface area contributed by atoms with Crippen molar-refractivity contribution < 1.29 is 0 Å². The van der Waals surface area contributed by atoms with Gasteiger partial charge in [-0.05, 0) is 17.0 Å². The fourth-order valence-corrected chi connectivity index (χ4v) is 3.00. The molecule has 0 fully saturated rings. The van der Waals surface area contributed by atoms with Crippen LogP contribution in [0.5, 0.6) is 0 Å². The van der Waals surface area contributed by atoms with Crippen molar-refractivity contribution in [2.75, 3.05) is 11.9 Å². The van der Waals surface area contributed by atoms with Crippen molar-refractivity contribution in [2.24, 2.45) is 0 Å². The van der Waals surface area contributed by atoms with Crippen molar-refractivity contribution in [3.63, 3.8) is 0 Å². The minimum absolute atomic E-state index is 0.222. The van der Waals surface area contributed by atoms with Crippen LogP contribution in [0.4, 0.5) is 5.69 Å². The van der Waals surface area contributed by atoms with Gasteiger partial charge in [0.25, 0.3) is 0 Å². The molecule has 0 saturated carbocycles. The van der Waals surface area contributed by atoms with Gasteiger partial charge in [0, 0.05) is 16.7 Å². The van der Waals surface area contributed by atoms with E-state index in [0.717, 1.165) is 6.54 Å². The minimum Gasteiger partial charge on any atom is -0.383 e. The largest absolute Gasteiger partial charge is 0.383 e. The van der Waals surface area contributed by atoms with Crippen molar-refractivity contribution in [1.82, 2.24) is 0 Å². The smallest absolute Gasteiger partial charge is 0.0516 e. The van der Waals surface area contributed by atoms with Crippen molar-refractivity contribution in [2.45, 2.75) is 43.3 Å². The molecule has 2 rings (SSSR count). The molecule has 1 unspecified atom stereocenters. The maximum Gasteiger partial charge on any atom is 0.0516 e. The standard InChI is InChI=1S/C13H19NS/c1-9-8-14-12-10(13(2,3)4)6-5-7-11(12)15-9/h5-7,9,14H,8H2,1-4H3. The van der Waals surface area contributed by atoms with Crippen LogP contribution in [0.3, 0.4) is 0 Å². The molecular formula is C13H19NS. The molecular weight excluding hydrogens is 202 g/mol. The summed E-state index contributed by atoms with van der Waals surface area (Å²) in [4.78, 5) is 1.40. The van der Waals surface area contributed by atoms with Crippen molar-refractivity contribution in [1.29, 1.82) is 0 Å². The summed E-state index contributed by atoms with van der Waals surface area (Å²) in [6.07, 6.45) is 0. The number of para-hydroxylation sites is 1. The predicted octanol–water partition coefficient (Wildman–Crippen LogP) is 3.89. The summed E-state index contributed by atoms with van der Waals surface area (Å²) in [5.74, 6) is 0. The normalized spacial score (nSPS) is 20.7. The lowest BCUT2D eigenvalue weighted by molar-refractivity contribution is 0.590. The Hall–Kier alpha value is -0.630. The van der Waals surface area contributed by atoms with Crippen LogP contribution in [0.15, 0.2) is 23.1 Å². The maximum absolute atomic E-state index is 3.57. The highest BCUT2D eigenvalue weighted by Gasteiger charge is 2.23. The highest BCUT2D eigenvalue weighted by atomic mass is 32.2. The van der Waals surface area contributed by atoms with Gasteiger partial charge in [-0.15, -0.1) is 11.8 Å². The molecule has 0 bridgehead atoms. The van der Waals surface area contributed by atoms with Crippen LogP contribution >= 0.6 is 11.8 Å².